The summed E-state index contributed by atoms with van der Waals surface area (Å²) in [5.74, 6) is -0.239. The minimum absolute atomic E-state index is 0.0552. The molecule has 0 bridgehead atoms. The van der Waals surface area contributed by atoms with E-state index in [-0.39, 0.29) is 24.1 Å². The summed E-state index contributed by atoms with van der Waals surface area (Å²) < 4.78 is 8.90. The number of benzene rings is 2. The first-order valence-electron chi connectivity index (χ1n) is 11.8. The van der Waals surface area contributed by atoms with Crippen molar-refractivity contribution >= 4 is 27.7 Å². The molecule has 1 aliphatic rings. The van der Waals surface area contributed by atoms with Crippen LogP contribution in [0.25, 0.3) is 21.8 Å². The quantitative estimate of drug-likeness (QED) is 0.479. The Labute approximate surface area is 198 Å². The van der Waals surface area contributed by atoms with Gasteiger partial charge in [-0.25, -0.2) is 4.68 Å². The van der Waals surface area contributed by atoms with Crippen molar-refractivity contribution in [1.82, 2.24) is 19.7 Å². The van der Waals surface area contributed by atoms with Crippen LogP contribution in [-0.4, -0.2) is 39.5 Å². The second kappa shape index (κ2) is 9.06. The highest BCUT2D eigenvalue weighted by atomic mass is 16.5. The van der Waals surface area contributed by atoms with Crippen LogP contribution in [0.15, 0.2) is 47.4 Å². The fourth-order valence-corrected chi connectivity index (χ4v) is 5.11. The summed E-state index contributed by atoms with van der Waals surface area (Å²) >= 11 is 0. The van der Waals surface area contributed by atoms with E-state index >= 15 is 0 Å². The third kappa shape index (κ3) is 4.12. The minimum Gasteiger partial charge on any atom is -0.376 e. The number of ether oxygens (including phenoxy) is 1. The molecule has 176 valence electrons. The fourth-order valence-electron chi connectivity index (χ4n) is 5.11. The van der Waals surface area contributed by atoms with E-state index in [9.17, 15) is 9.59 Å². The van der Waals surface area contributed by atoms with Gasteiger partial charge < -0.3 is 14.6 Å². The molecule has 1 atom stereocenters. The molecule has 1 amide bonds. The number of para-hydroxylation sites is 1. The largest absolute Gasteiger partial charge is 0.376 e. The molecule has 1 saturated heterocycles. The molecule has 3 heterocycles. The average Bonchev–Trinajstić information content (AvgIpc) is 3.43. The normalized spacial score (nSPS) is 15.9. The minimum atomic E-state index is -0.261. The molecule has 7 nitrogen and oxygen atoms in total. The number of nitrogens with zero attached hydrogens (tertiary/aromatic N) is 3. The molecule has 4 aromatic rings. The predicted octanol–water partition coefficient (Wildman–Crippen LogP) is 3.62. The van der Waals surface area contributed by atoms with Gasteiger partial charge in [0.05, 0.1) is 12.3 Å². The molecule has 0 spiro atoms. The highest BCUT2D eigenvalue weighted by Gasteiger charge is 2.20. The maximum Gasteiger partial charge on any atom is 0.291 e. The van der Waals surface area contributed by atoms with E-state index in [1.807, 2.05) is 24.3 Å². The van der Waals surface area contributed by atoms with Crippen molar-refractivity contribution in [3.63, 3.8) is 0 Å². The van der Waals surface area contributed by atoms with Gasteiger partial charge in [-0.1, -0.05) is 35.9 Å². The standard InChI is InChI=1S/C27H30N4O3/c1-17-11-18(2)23(19(3)12-17)15-30-24-9-5-4-8-21(24)22-14-29-31(27(33)26(22)30)16-25(32)28-13-20-7-6-10-34-20/h4-5,8-9,11-12,14,20H,6-7,10,13,15-16H2,1-3H3,(H,28,32)/t20-/m1/s1. The number of rotatable bonds is 6. The number of carbonyl (C=O) groups is 1. The van der Waals surface area contributed by atoms with Crippen molar-refractivity contribution in [3.8, 4) is 0 Å². The highest BCUT2D eigenvalue weighted by Crippen LogP contribution is 2.28. The summed E-state index contributed by atoms with van der Waals surface area (Å²) in [7, 11) is 0. The van der Waals surface area contributed by atoms with Crippen molar-refractivity contribution in [2.45, 2.75) is 52.8 Å². The van der Waals surface area contributed by atoms with Crippen LogP contribution in [0, 0.1) is 20.8 Å². The lowest BCUT2D eigenvalue weighted by Gasteiger charge is -2.14. The molecule has 0 saturated carbocycles. The molecule has 5 rings (SSSR count). The monoisotopic (exact) mass is 458 g/mol. The Balaban J connectivity index is 1.54. The average molecular weight is 459 g/mol. The molecule has 2 aromatic heterocycles. The van der Waals surface area contributed by atoms with E-state index in [0.717, 1.165) is 35.7 Å². The van der Waals surface area contributed by atoms with E-state index in [4.69, 9.17) is 4.74 Å². The van der Waals surface area contributed by atoms with E-state index in [2.05, 4.69) is 47.9 Å². The molecule has 1 N–H and O–H groups in total. The maximum absolute atomic E-state index is 13.6. The summed E-state index contributed by atoms with van der Waals surface area (Å²) in [6.45, 7) is 7.98. The van der Waals surface area contributed by atoms with Gasteiger partial charge in [0.1, 0.15) is 12.1 Å². The van der Waals surface area contributed by atoms with Gasteiger partial charge in [-0.2, -0.15) is 5.10 Å². The number of aryl methyl sites for hydroxylation is 3. The first-order valence-corrected chi connectivity index (χ1v) is 11.8. The third-order valence-corrected chi connectivity index (χ3v) is 6.77. The maximum atomic E-state index is 13.6. The Bertz CT molecular complexity index is 1420. The van der Waals surface area contributed by atoms with E-state index in [1.54, 1.807) is 6.20 Å². The van der Waals surface area contributed by atoms with Gasteiger partial charge >= 0.3 is 0 Å². The zero-order valence-corrected chi connectivity index (χ0v) is 19.9. The molecule has 0 unspecified atom stereocenters. The van der Waals surface area contributed by atoms with Crippen LogP contribution in [-0.2, 0) is 22.6 Å². The Hall–Kier alpha value is -3.45. The van der Waals surface area contributed by atoms with Gasteiger partial charge in [-0.3, -0.25) is 9.59 Å². The predicted molar refractivity (Wildman–Crippen MR) is 133 cm³/mol. The van der Waals surface area contributed by atoms with Crippen molar-refractivity contribution in [1.29, 1.82) is 0 Å². The number of hydrogen-bond donors (Lipinski definition) is 1. The van der Waals surface area contributed by atoms with Crippen LogP contribution >= 0.6 is 0 Å². The second-order valence-electron chi connectivity index (χ2n) is 9.29. The van der Waals surface area contributed by atoms with Crippen molar-refractivity contribution in [2.75, 3.05) is 13.2 Å². The molecule has 2 aromatic carbocycles. The van der Waals surface area contributed by atoms with Crippen molar-refractivity contribution in [2.24, 2.45) is 0 Å². The van der Waals surface area contributed by atoms with Crippen molar-refractivity contribution < 1.29 is 9.53 Å². The number of fused-ring (bicyclic) bond motifs is 3. The topological polar surface area (TPSA) is 78.2 Å². The van der Waals surface area contributed by atoms with Crippen LogP contribution in [0.2, 0.25) is 0 Å². The van der Waals surface area contributed by atoms with Gasteiger partial charge in [-0.05, 0) is 56.4 Å². The number of hydrogen-bond acceptors (Lipinski definition) is 4. The molecule has 0 radical (unpaired) electrons. The first kappa shape index (κ1) is 22.3. The van der Waals surface area contributed by atoms with Gasteiger partial charge in [0.25, 0.3) is 5.56 Å². The van der Waals surface area contributed by atoms with Crippen LogP contribution in [0.1, 0.15) is 35.1 Å². The molecule has 7 heteroatoms. The molecule has 1 aliphatic heterocycles. The number of nitrogens with one attached hydrogen (secondary N) is 1. The van der Waals surface area contributed by atoms with Crippen LogP contribution in [0.4, 0.5) is 0 Å². The Morgan fingerprint density at radius 1 is 1.15 bits per heavy atom. The summed E-state index contributed by atoms with van der Waals surface area (Å²) in [5.41, 5.74) is 6.12. The lowest BCUT2D eigenvalue weighted by atomic mass is 10.00. The molecular weight excluding hydrogens is 428 g/mol. The molecular formula is C27H30N4O3. The van der Waals surface area contributed by atoms with Gasteiger partial charge in [0, 0.05) is 36.0 Å². The van der Waals surface area contributed by atoms with Gasteiger partial charge in [0.2, 0.25) is 5.91 Å². The second-order valence-corrected chi connectivity index (χ2v) is 9.29. The first-order chi connectivity index (χ1) is 16.4. The number of amides is 1. The van der Waals surface area contributed by atoms with Crippen LogP contribution in [0.3, 0.4) is 0 Å². The van der Waals surface area contributed by atoms with E-state index in [0.29, 0.717) is 18.6 Å². The van der Waals surface area contributed by atoms with Crippen LogP contribution < -0.4 is 10.9 Å². The molecule has 0 aliphatic carbocycles. The summed E-state index contributed by atoms with van der Waals surface area (Å²) in [6.07, 6.45) is 3.72. The molecule has 34 heavy (non-hydrogen) atoms. The summed E-state index contributed by atoms with van der Waals surface area (Å²) in [4.78, 5) is 26.2. The smallest absolute Gasteiger partial charge is 0.291 e. The van der Waals surface area contributed by atoms with E-state index in [1.165, 1.54) is 26.9 Å². The zero-order chi connectivity index (χ0) is 23.8. The third-order valence-electron chi connectivity index (χ3n) is 6.77. The summed E-state index contributed by atoms with van der Waals surface area (Å²) in [5, 5.41) is 9.01. The SMILES string of the molecule is Cc1cc(C)c(Cn2c3ccccc3c3cnn(CC(=O)NC[C@H]4CCCO4)c(=O)c32)c(C)c1. The Morgan fingerprint density at radius 3 is 2.65 bits per heavy atom. The van der Waals surface area contributed by atoms with Gasteiger partial charge in [0.15, 0.2) is 0 Å². The lowest BCUT2D eigenvalue weighted by Crippen LogP contribution is -2.37. The number of carbonyl (C=O) groups excluding carboxylic acids is 1. The molecule has 1 fully saturated rings. The highest BCUT2D eigenvalue weighted by molar-refractivity contribution is 6.07. The number of aromatic nitrogens is 3. The Morgan fingerprint density at radius 2 is 1.91 bits per heavy atom. The van der Waals surface area contributed by atoms with Crippen LogP contribution in [0.5, 0.6) is 0 Å². The van der Waals surface area contributed by atoms with E-state index < -0.39 is 0 Å². The fraction of sp³-hybridized carbons (Fsp3) is 0.370. The Kier molecular flexibility index (Phi) is 5.96. The van der Waals surface area contributed by atoms with Crippen molar-refractivity contribution in [3.05, 3.63) is 75.2 Å². The van der Waals surface area contributed by atoms with Gasteiger partial charge in [-0.15, -0.1) is 0 Å². The summed E-state index contributed by atoms with van der Waals surface area (Å²) in [6, 6.07) is 12.4. The lowest BCUT2D eigenvalue weighted by molar-refractivity contribution is -0.122. The zero-order valence-electron chi connectivity index (χ0n) is 19.9.